The van der Waals surface area contributed by atoms with Crippen LogP contribution in [-0.4, -0.2) is 11.5 Å². The third kappa shape index (κ3) is 3.39. The average molecular weight is 191 g/mol. The van der Waals surface area contributed by atoms with Crippen molar-refractivity contribution in [2.45, 2.75) is 20.5 Å². The maximum Gasteiger partial charge on any atom is 0.177 e. The van der Waals surface area contributed by atoms with Crippen LogP contribution in [0.15, 0.2) is 35.5 Å². The Hall–Kier alpha value is -1.64. The summed E-state index contributed by atoms with van der Waals surface area (Å²) in [6, 6.07) is 9.69. The number of hydrogen-bond acceptors (Lipinski definition) is 3. The highest BCUT2D eigenvalue weighted by molar-refractivity contribution is 6.37. The van der Waals surface area contributed by atoms with Crippen LogP contribution in [0.4, 0.5) is 0 Å². The van der Waals surface area contributed by atoms with E-state index in [0.717, 1.165) is 5.56 Å². The molecule has 0 aliphatic carbocycles. The van der Waals surface area contributed by atoms with E-state index in [2.05, 4.69) is 5.16 Å². The van der Waals surface area contributed by atoms with E-state index in [-0.39, 0.29) is 5.78 Å². The van der Waals surface area contributed by atoms with E-state index in [1.54, 1.807) is 6.92 Å². The Morgan fingerprint density at radius 1 is 1.29 bits per heavy atom. The van der Waals surface area contributed by atoms with Gasteiger partial charge in [0.15, 0.2) is 5.78 Å². The molecule has 0 heterocycles. The quantitative estimate of drug-likeness (QED) is 0.540. The number of hydrogen-bond donors (Lipinski definition) is 0. The number of rotatable bonds is 4. The molecule has 3 nitrogen and oxygen atoms in total. The van der Waals surface area contributed by atoms with Crippen LogP contribution in [0.25, 0.3) is 0 Å². The molecular formula is C11H13NO2. The van der Waals surface area contributed by atoms with Gasteiger partial charge in [-0.3, -0.25) is 4.79 Å². The van der Waals surface area contributed by atoms with Crippen LogP contribution >= 0.6 is 0 Å². The molecule has 0 aliphatic rings. The zero-order valence-electron chi connectivity index (χ0n) is 8.36. The fraction of sp³-hybridized carbons (Fsp3) is 0.273. The highest BCUT2D eigenvalue weighted by atomic mass is 16.6. The van der Waals surface area contributed by atoms with Gasteiger partial charge in [-0.15, -0.1) is 0 Å². The highest BCUT2D eigenvalue weighted by Gasteiger charge is 1.97. The summed E-state index contributed by atoms with van der Waals surface area (Å²) in [5.74, 6) is -0.0712. The van der Waals surface area contributed by atoms with Crippen molar-refractivity contribution in [3.8, 4) is 0 Å². The van der Waals surface area contributed by atoms with Crippen molar-refractivity contribution in [2.75, 3.05) is 0 Å². The van der Waals surface area contributed by atoms with Crippen molar-refractivity contribution < 1.29 is 9.63 Å². The minimum Gasteiger partial charge on any atom is -0.391 e. The lowest BCUT2D eigenvalue weighted by Gasteiger charge is -1.99. The Balaban J connectivity index is 2.43. The second kappa shape index (κ2) is 5.17. The van der Waals surface area contributed by atoms with E-state index in [4.69, 9.17) is 4.84 Å². The smallest absolute Gasteiger partial charge is 0.177 e. The maximum atomic E-state index is 10.8. The van der Waals surface area contributed by atoms with Gasteiger partial charge >= 0.3 is 0 Å². The number of carbonyl (C=O) groups is 1. The van der Waals surface area contributed by atoms with Crippen LogP contribution in [0, 0.1) is 0 Å². The number of Topliss-reactive ketones (excluding diaryl/α,β-unsaturated/α-hetero) is 1. The fourth-order valence-corrected chi connectivity index (χ4v) is 0.842. The molecule has 0 radical (unpaired) electrons. The molecule has 0 saturated heterocycles. The van der Waals surface area contributed by atoms with Crippen molar-refractivity contribution in [1.29, 1.82) is 0 Å². The average Bonchev–Trinajstić information content (AvgIpc) is 2.19. The van der Waals surface area contributed by atoms with Gasteiger partial charge in [-0.25, -0.2) is 0 Å². The van der Waals surface area contributed by atoms with Crippen LogP contribution < -0.4 is 0 Å². The molecule has 0 N–H and O–H groups in total. The summed E-state index contributed by atoms with van der Waals surface area (Å²) in [5.41, 5.74) is 1.42. The lowest BCUT2D eigenvalue weighted by molar-refractivity contribution is -0.111. The van der Waals surface area contributed by atoms with Crippen LogP contribution in [0.5, 0.6) is 0 Å². The Bertz CT molecular complexity index is 330. The predicted octanol–water partition coefficient (Wildman–Crippen LogP) is 2.17. The Morgan fingerprint density at radius 2 is 1.93 bits per heavy atom. The lowest BCUT2D eigenvalue weighted by Crippen LogP contribution is -2.05. The molecule has 0 unspecified atom stereocenters. The summed E-state index contributed by atoms with van der Waals surface area (Å²) in [5, 5.41) is 3.69. The van der Waals surface area contributed by atoms with Crippen LogP contribution in [0.2, 0.25) is 0 Å². The topological polar surface area (TPSA) is 38.7 Å². The van der Waals surface area contributed by atoms with Crippen molar-refractivity contribution in [3.05, 3.63) is 35.9 Å². The van der Waals surface area contributed by atoms with Crippen LogP contribution in [0.3, 0.4) is 0 Å². The third-order valence-corrected chi connectivity index (χ3v) is 1.79. The van der Waals surface area contributed by atoms with Gasteiger partial charge in [0.05, 0.1) is 0 Å². The molecule has 0 aliphatic heterocycles. The summed E-state index contributed by atoms with van der Waals surface area (Å²) in [7, 11) is 0. The molecule has 1 aromatic carbocycles. The van der Waals surface area contributed by atoms with Gasteiger partial charge in [0.2, 0.25) is 0 Å². The van der Waals surface area contributed by atoms with E-state index in [9.17, 15) is 4.79 Å². The predicted molar refractivity (Wildman–Crippen MR) is 55.0 cm³/mol. The first kappa shape index (κ1) is 10.4. The molecule has 0 spiro atoms. The van der Waals surface area contributed by atoms with Crippen molar-refractivity contribution in [1.82, 2.24) is 0 Å². The number of carbonyl (C=O) groups excluding carboxylic acids is 1. The maximum absolute atomic E-state index is 10.8. The molecule has 0 fully saturated rings. The SMILES string of the molecule is CC(=O)C(C)=NOCc1ccccc1. The molecule has 74 valence electrons. The van der Waals surface area contributed by atoms with Gasteiger partial charge in [0.1, 0.15) is 12.3 Å². The molecule has 0 saturated carbocycles. The largest absolute Gasteiger partial charge is 0.391 e. The molecule has 1 aromatic rings. The molecule has 14 heavy (non-hydrogen) atoms. The van der Waals surface area contributed by atoms with Crippen LogP contribution in [0.1, 0.15) is 19.4 Å². The fourth-order valence-electron chi connectivity index (χ4n) is 0.842. The van der Waals surface area contributed by atoms with E-state index >= 15 is 0 Å². The first-order valence-corrected chi connectivity index (χ1v) is 4.41. The molecule has 0 bridgehead atoms. The Kier molecular flexibility index (Phi) is 3.85. The molecule has 0 aromatic heterocycles. The molecular weight excluding hydrogens is 178 g/mol. The third-order valence-electron chi connectivity index (χ3n) is 1.79. The second-order valence-corrected chi connectivity index (χ2v) is 2.99. The minimum atomic E-state index is -0.0712. The highest BCUT2D eigenvalue weighted by Crippen LogP contribution is 2.00. The Labute approximate surface area is 83.4 Å². The van der Waals surface area contributed by atoms with Gasteiger partial charge in [0.25, 0.3) is 0 Å². The number of oxime groups is 1. The van der Waals surface area contributed by atoms with Crippen molar-refractivity contribution >= 4 is 11.5 Å². The van der Waals surface area contributed by atoms with Gasteiger partial charge in [-0.05, 0) is 12.5 Å². The van der Waals surface area contributed by atoms with Gasteiger partial charge in [-0.1, -0.05) is 35.5 Å². The number of ketones is 1. The summed E-state index contributed by atoms with van der Waals surface area (Å²) >= 11 is 0. The van der Waals surface area contributed by atoms with E-state index in [0.29, 0.717) is 12.3 Å². The zero-order valence-corrected chi connectivity index (χ0v) is 8.36. The van der Waals surface area contributed by atoms with Gasteiger partial charge in [-0.2, -0.15) is 0 Å². The lowest BCUT2D eigenvalue weighted by atomic mass is 10.2. The summed E-state index contributed by atoms with van der Waals surface area (Å²) < 4.78 is 0. The first-order chi connectivity index (χ1) is 6.70. The zero-order chi connectivity index (χ0) is 10.4. The molecule has 3 heteroatoms. The van der Waals surface area contributed by atoms with Gasteiger partial charge < -0.3 is 4.84 Å². The normalized spacial score (nSPS) is 11.1. The van der Waals surface area contributed by atoms with E-state index in [1.807, 2.05) is 30.3 Å². The molecule has 0 atom stereocenters. The first-order valence-electron chi connectivity index (χ1n) is 4.41. The molecule has 0 amide bonds. The monoisotopic (exact) mass is 191 g/mol. The summed E-state index contributed by atoms with van der Waals surface area (Å²) in [6.07, 6.45) is 0. The molecule has 1 rings (SSSR count). The summed E-state index contributed by atoms with van der Waals surface area (Å²) in [4.78, 5) is 15.8. The minimum absolute atomic E-state index is 0.0712. The van der Waals surface area contributed by atoms with Crippen molar-refractivity contribution in [2.24, 2.45) is 5.16 Å². The standard InChI is InChI=1S/C11H13NO2/c1-9(10(2)13)12-14-8-11-6-4-3-5-7-11/h3-7H,8H2,1-2H3. The second-order valence-electron chi connectivity index (χ2n) is 2.99. The Morgan fingerprint density at radius 3 is 2.50 bits per heavy atom. The number of benzene rings is 1. The summed E-state index contributed by atoms with van der Waals surface area (Å²) in [6.45, 7) is 3.49. The number of nitrogens with zero attached hydrogens (tertiary/aromatic N) is 1. The van der Waals surface area contributed by atoms with Gasteiger partial charge in [0, 0.05) is 6.92 Å². The van der Waals surface area contributed by atoms with E-state index in [1.165, 1.54) is 6.92 Å². The van der Waals surface area contributed by atoms with E-state index < -0.39 is 0 Å². The van der Waals surface area contributed by atoms with Crippen molar-refractivity contribution in [3.63, 3.8) is 0 Å². The van der Waals surface area contributed by atoms with Crippen LogP contribution in [-0.2, 0) is 16.2 Å².